The molecule has 1 aromatic rings. The average Bonchev–Trinajstić information content (AvgIpc) is 2.54. The van der Waals surface area contributed by atoms with E-state index < -0.39 is 5.91 Å². The number of benzene rings is 1. The Morgan fingerprint density at radius 1 is 1.30 bits per heavy atom. The van der Waals surface area contributed by atoms with Gasteiger partial charge in [0, 0.05) is 19.1 Å². The summed E-state index contributed by atoms with van der Waals surface area (Å²) in [7, 11) is 0. The fraction of sp³-hybridized carbons (Fsp3) is 0.529. The van der Waals surface area contributed by atoms with Crippen molar-refractivity contribution in [1.82, 2.24) is 10.6 Å². The lowest BCUT2D eigenvalue weighted by Gasteiger charge is -2.16. The lowest BCUT2D eigenvalue weighted by atomic mass is 10.1. The number of primary amides is 1. The minimum atomic E-state index is -0.479. The number of aliphatic imine (C=N–C) groups is 1. The molecule has 0 aromatic heterocycles. The number of nitrogens with zero attached hydrogens (tertiary/aromatic N) is 1. The van der Waals surface area contributed by atoms with Crippen molar-refractivity contribution in [2.24, 2.45) is 10.7 Å². The largest absolute Gasteiger partial charge is 0.484 e. The highest BCUT2D eigenvalue weighted by molar-refractivity contribution is 5.80. The molecule has 0 aliphatic carbocycles. The maximum atomic E-state index is 10.7. The number of ether oxygens (including phenoxy) is 1. The van der Waals surface area contributed by atoms with Crippen LogP contribution in [-0.2, 0) is 11.2 Å². The van der Waals surface area contributed by atoms with E-state index >= 15 is 0 Å². The summed E-state index contributed by atoms with van der Waals surface area (Å²) in [5, 5.41) is 6.61. The van der Waals surface area contributed by atoms with Crippen molar-refractivity contribution in [1.29, 1.82) is 0 Å². The molecule has 1 unspecified atom stereocenters. The van der Waals surface area contributed by atoms with E-state index in [1.54, 1.807) is 0 Å². The first-order chi connectivity index (χ1) is 11.0. The predicted octanol–water partition coefficient (Wildman–Crippen LogP) is 1.45. The lowest BCUT2D eigenvalue weighted by Crippen LogP contribution is -2.42. The van der Waals surface area contributed by atoms with Gasteiger partial charge in [-0.3, -0.25) is 9.79 Å². The molecule has 6 nitrogen and oxygen atoms in total. The molecule has 1 amide bonds. The molecule has 1 rings (SSSR count). The van der Waals surface area contributed by atoms with E-state index in [0.29, 0.717) is 18.3 Å². The van der Waals surface area contributed by atoms with E-state index in [-0.39, 0.29) is 6.61 Å². The molecule has 6 heteroatoms. The third-order valence-electron chi connectivity index (χ3n) is 3.31. The van der Waals surface area contributed by atoms with Crippen LogP contribution in [0.5, 0.6) is 5.75 Å². The van der Waals surface area contributed by atoms with Crippen molar-refractivity contribution in [3.8, 4) is 5.75 Å². The van der Waals surface area contributed by atoms with Crippen LogP contribution >= 0.6 is 0 Å². The van der Waals surface area contributed by atoms with Crippen molar-refractivity contribution in [2.45, 2.75) is 39.7 Å². The Labute approximate surface area is 138 Å². The molecule has 0 aliphatic rings. The van der Waals surface area contributed by atoms with E-state index in [9.17, 15) is 4.79 Å². The van der Waals surface area contributed by atoms with Crippen molar-refractivity contribution < 1.29 is 9.53 Å². The molecule has 0 spiro atoms. The van der Waals surface area contributed by atoms with Crippen LogP contribution in [0.1, 0.15) is 32.8 Å². The van der Waals surface area contributed by atoms with Gasteiger partial charge in [-0.15, -0.1) is 0 Å². The van der Waals surface area contributed by atoms with Gasteiger partial charge in [-0.2, -0.15) is 0 Å². The second-order valence-corrected chi connectivity index (χ2v) is 5.36. The van der Waals surface area contributed by atoms with E-state index in [4.69, 9.17) is 10.5 Å². The van der Waals surface area contributed by atoms with Crippen LogP contribution in [0.15, 0.2) is 29.3 Å². The minimum Gasteiger partial charge on any atom is -0.484 e. The van der Waals surface area contributed by atoms with Crippen LogP contribution < -0.4 is 21.1 Å². The van der Waals surface area contributed by atoms with Gasteiger partial charge >= 0.3 is 0 Å². The third kappa shape index (κ3) is 8.09. The van der Waals surface area contributed by atoms with E-state index in [1.807, 2.05) is 24.3 Å². The molecule has 128 valence electrons. The number of hydrogen-bond acceptors (Lipinski definition) is 3. The molecule has 0 saturated carbocycles. The van der Waals surface area contributed by atoms with Gasteiger partial charge in [-0.1, -0.05) is 19.1 Å². The minimum absolute atomic E-state index is 0.100. The second-order valence-electron chi connectivity index (χ2n) is 5.36. The highest BCUT2D eigenvalue weighted by atomic mass is 16.5. The molecular formula is C17H28N4O2. The number of hydrogen-bond donors (Lipinski definition) is 3. The van der Waals surface area contributed by atoms with E-state index in [2.05, 4.69) is 36.4 Å². The summed E-state index contributed by atoms with van der Waals surface area (Å²) in [6.45, 7) is 7.78. The summed E-state index contributed by atoms with van der Waals surface area (Å²) in [6, 6.07) is 8.02. The summed E-state index contributed by atoms with van der Waals surface area (Å²) in [5.74, 6) is 1.01. The van der Waals surface area contributed by atoms with Crippen LogP contribution in [-0.4, -0.2) is 37.6 Å². The molecular weight excluding hydrogens is 292 g/mol. The Morgan fingerprint density at radius 2 is 2.00 bits per heavy atom. The maximum absolute atomic E-state index is 10.7. The first kappa shape index (κ1) is 18.8. The van der Waals surface area contributed by atoms with Crippen LogP contribution in [0.2, 0.25) is 0 Å². The number of nitrogens with one attached hydrogen (secondary N) is 2. The average molecular weight is 320 g/mol. The molecule has 1 aromatic carbocycles. The smallest absolute Gasteiger partial charge is 0.255 e. The van der Waals surface area contributed by atoms with Crippen LogP contribution in [0.4, 0.5) is 0 Å². The Balaban J connectivity index is 2.48. The van der Waals surface area contributed by atoms with Gasteiger partial charge in [-0.25, -0.2) is 0 Å². The highest BCUT2D eigenvalue weighted by Gasteiger charge is 2.02. The van der Waals surface area contributed by atoms with Gasteiger partial charge in [0.05, 0.1) is 0 Å². The van der Waals surface area contributed by atoms with Gasteiger partial charge in [0.15, 0.2) is 12.6 Å². The Hall–Kier alpha value is -2.24. The zero-order valence-corrected chi connectivity index (χ0v) is 14.3. The summed E-state index contributed by atoms with van der Waals surface area (Å²) in [5.41, 5.74) is 6.21. The van der Waals surface area contributed by atoms with Crippen LogP contribution in [0.3, 0.4) is 0 Å². The third-order valence-corrected chi connectivity index (χ3v) is 3.31. The number of nitrogens with two attached hydrogens (primary N) is 1. The molecule has 0 bridgehead atoms. The molecule has 0 saturated heterocycles. The summed E-state index contributed by atoms with van der Waals surface area (Å²) in [6.07, 6.45) is 1.89. The zero-order chi connectivity index (χ0) is 17.1. The molecule has 1 atom stereocenters. The molecule has 23 heavy (non-hydrogen) atoms. The number of rotatable bonds is 9. The van der Waals surface area contributed by atoms with Gasteiger partial charge in [0.1, 0.15) is 5.75 Å². The molecule has 0 fully saturated rings. The molecule has 0 heterocycles. The van der Waals surface area contributed by atoms with Gasteiger partial charge < -0.3 is 21.1 Å². The van der Waals surface area contributed by atoms with E-state index in [1.165, 1.54) is 5.56 Å². The summed E-state index contributed by atoms with van der Waals surface area (Å²) in [4.78, 5) is 15.2. The second kappa shape index (κ2) is 10.5. The Bertz CT molecular complexity index is 500. The number of amides is 1. The SMILES string of the molecule is CCNC(=NCCc1ccc(OCC(N)=O)cc1)NC(C)CC. The molecule has 0 radical (unpaired) electrons. The standard InChI is InChI=1S/C17H28N4O2/c1-4-13(3)21-17(19-5-2)20-11-10-14-6-8-15(9-7-14)23-12-16(18)22/h6-9,13H,4-5,10-12H2,1-3H3,(H2,18,22)(H2,19,20,21). The van der Waals surface area contributed by atoms with Crippen molar-refractivity contribution >= 4 is 11.9 Å². The van der Waals surface area contributed by atoms with Crippen molar-refractivity contribution in [3.63, 3.8) is 0 Å². The first-order valence-corrected chi connectivity index (χ1v) is 8.10. The predicted molar refractivity (Wildman–Crippen MR) is 93.7 cm³/mol. The fourth-order valence-corrected chi connectivity index (χ4v) is 1.86. The summed E-state index contributed by atoms with van der Waals surface area (Å²) < 4.78 is 5.23. The number of carbonyl (C=O) groups excluding carboxylic acids is 1. The Kier molecular flexibility index (Phi) is 8.57. The first-order valence-electron chi connectivity index (χ1n) is 8.10. The topological polar surface area (TPSA) is 88.7 Å². The van der Waals surface area contributed by atoms with Gasteiger partial charge in [-0.05, 0) is 44.4 Å². The van der Waals surface area contributed by atoms with Gasteiger partial charge in [0.25, 0.3) is 5.91 Å². The lowest BCUT2D eigenvalue weighted by molar-refractivity contribution is -0.119. The monoisotopic (exact) mass is 320 g/mol. The molecule has 0 aliphatic heterocycles. The Morgan fingerprint density at radius 3 is 2.57 bits per heavy atom. The zero-order valence-electron chi connectivity index (χ0n) is 14.3. The van der Waals surface area contributed by atoms with Crippen molar-refractivity contribution in [2.75, 3.05) is 19.7 Å². The van der Waals surface area contributed by atoms with E-state index in [0.717, 1.165) is 25.3 Å². The summed E-state index contributed by atoms with van der Waals surface area (Å²) >= 11 is 0. The molecule has 4 N–H and O–H groups in total. The normalized spacial score (nSPS) is 12.6. The maximum Gasteiger partial charge on any atom is 0.255 e. The number of guanidine groups is 1. The van der Waals surface area contributed by atoms with Crippen molar-refractivity contribution in [3.05, 3.63) is 29.8 Å². The number of carbonyl (C=O) groups is 1. The van der Waals surface area contributed by atoms with Gasteiger partial charge in [0.2, 0.25) is 0 Å². The van der Waals surface area contributed by atoms with Crippen LogP contribution in [0, 0.1) is 0 Å². The fourth-order valence-electron chi connectivity index (χ4n) is 1.86. The van der Waals surface area contributed by atoms with Crippen LogP contribution in [0.25, 0.3) is 0 Å². The quantitative estimate of drug-likeness (QED) is 0.474. The highest BCUT2D eigenvalue weighted by Crippen LogP contribution is 2.12.